The van der Waals surface area contributed by atoms with Crippen molar-refractivity contribution in [3.8, 4) is 0 Å². The number of rotatable bonds is 8. The molecule has 38 heavy (non-hydrogen) atoms. The van der Waals surface area contributed by atoms with Gasteiger partial charge >= 0.3 is 0 Å². The Bertz CT molecular complexity index is 1460. The molecule has 192 valence electrons. The predicted octanol–water partition coefficient (Wildman–Crippen LogP) is 6.91. The Labute approximate surface area is 232 Å². The Balaban J connectivity index is 1.35. The van der Waals surface area contributed by atoms with Gasteiger partial charge in [0.2, 0.25) is 0 Å². The van der Waals surface area contributed by atoms with Crippen LogP contribution < -0.4 is 15.1 Å². The van der Waals surface area contributed by atoms with Crippen LogP contribution in [0.2, 0.25) is 5.02 Å². The predicted molar refractivity (Wildman–Crippen MR) is 156 cm³/mol. The molecule has 5 rings (SSSR count). The van der Waals surface area contributed by atoms with Gasteiger partial charge in [0.1, 0.15) is 0 Å². The number of fused-ring (bicyclic) bond motifs is 2. The zero-order valence-corrected chi connectivity index (χ0v) is 22.6. The summed E-state index contributed by atoms with van der Waals surface area (Å²) in [5, 5.41) is 3.63. The van der Waals surface area contributed by atoms with Crippen LogP contribution >= 0.6 is 23.4 Å². The normalized spacial score (nSPS) is 12.4. The highest BCUT2D eigenvalue weighted by molar-refractivity contribution is 7.99. The van der Waals surface area contributed by atoms with Gasteiger partial charge in [0.25, 0.3) is 11.8 Å². The van der Waals surface area contributed by atoms with E-state index < -0.39 is 0 Å². The lowest BCUT2D eigenvalue weighted by Crippen LogP contribution is -2.31. The minimum absolute atomic E-state index is 0.117. The molecule has 0 radical (unpaired) electrons. The first kappa shape index (κ1) is 25.9. The second-order valence-electron chi connectivity index (χ2n) is 9.13. The molecule has 0 fully saturated rings. The second kappa shape index (κ2) is 11.8. The largest absolute Gasteiger partial charge is 0.375 e. The van der Waals surface area contributed by atoms with Crippen molar-refractivity contribution >= 4 is 46.6 Å². The van der Waals surface area contributed by atoms with Crippen molar-refractivity contribution < 1.29 is 9.59 Å². The van der Waals surface area contributed by atoms with Crippen LogP contribution in [-0.2, 0) is 6.54 Å². The SMILES string of the molecule is CN(CCCNC(=O)c1ccc2c(c1)N(Cc1ccccc1Cl)C(=O)c1ccccc1S2)c1ccccc1. The minimum atomic E-state index is -0.160. The van der Waals surface area contributed by atoms with Gasteiger partial charge in [-0.05, 0) is 60.5 Å². The molecule has 5 nitrogen and oxygen atoms in total. The third-order valence-corrected chi connectivity index (χ3v) is 8.04. The first-order valence-electron chi connectivity index (χ1n) is 12.5. The van der Waals surface area contributed by atoms with E-state index in [0.29, 0.717) is 34.9 Å². The monoisotopic (exact) mass is 541 g/mol. The Morgan fingerprint density at radius 3 is 2.47 bits per heavy atom. The van der Waals surface area contributed by atoms with Gasteiger partial charge in [0.15, 0.2) is 0 Å². The van der Waals surface area contributed by atoms with Gasteiger partial charge in [-0.3, -0.25) is 9.59 Å². The minimum Gasteiger partial charge on any atom is -0.375 e. The number of nitrogens with zero attached hydrogens (tertiary/aromatic N) is 2. The summed E-state index contributed by atoms with van der Waals surface area (Å²) in [5.74, 6) is -0.277. The number of hydrogen-bond donors (Lipinski definition) is 1. The summed E-state index contributed by atoms with van der Waals surface area (Å²) in [7, 11) is 2.05. The molecule has 0 unspecified atom stereocenters. The number of anilines is 2. The van der Waals surface area contributed by atoms with Crippen LogP contribution in [0.5, 0.6) is 0 Å². The fourth-order valence-corrected chi connectivity index (χ4v) is 5.70. The van der Waals surface area contributed by atoms with Gasteiger partial charge in [-0.2, -0.15) is 0 Å². The number of amides is 2. The number of hydrogen-bond acceptors (Lipinski definition) is 4. The average molecular weight is 542 g/mol. The van der Waals surface area contributed by atoms with Crippen molar-refractivity contribution in [2.24, 2.45) is 0 Å². The molecule has 4 aromatic carbocycles. The maximum Gasteiger partial charge on any atom is 0.259 e. The molecule has 7 heteroatoms. The van der Waals surface area contributed by atoms with Crippen LogP contribution in [0.25, 0.3) is 0 Å². The van der Waals surface area contributed by atoms with Crippen LogP contribution in [0.15, 0.2) is 107 Å². The maximum absolute atomic E-state index is 13.8. The van der Waals surface area contributed by atoms with Gasteiger partial charge in [0.05, 0.1) is 17.8 Å². The van der Waals surface area contributed by atoms with E-state index in [0.717, 1.165) is 34.0 Å². The van der Waals surface area contributed by atoms with Crippen LogP contribution in [0.3, 0.4) is 0 Å². The van der Waals surface area contributed by atoms with E-state index in [1.807, 2.05) is 92.0 Å². The molecule has 0 saturated carbocycles. The van der Waals surface area contributed by atoms with E-state index in [4.69, 9.17) is 11.6 Å². The van der Waals surface area contributed by atoms with E-state index in [2.05, 4.69) is 22.3 Å². The van der Waals surface area contributed by atoms with Crippen LogP contribution in [-0.4, -0.2) is 32.0 Å². The quantitative estimate of drug-likeness (QED) is 0.246. The third-order valence-electron chi connectivity index (χ3n) is 6.53. The Hall–Kier alpha value is -3.74. The molecule has 2 amide bonds. The zero-order valence-electron chi connectivity index (χ0n) is 21.1. The topological polar surface area (TPSA) is 52.7 Å². The number of carbonyl (C=O) groups is 2. The summed E-state index contributed by atoms with van der Waals surface area (Å²) < 4.78 is 0. The first-order valence-corrected chi connectivity index (χ1v) is 13.7. The maximum atomic E-state index is 13.8. The molecular weight excluding hydrogens is 514 g/mol. The van der Waals surface area contributed by atoms with Crippen molar-refractivity contribution in [1.82, 2.24) is 5.32 Å². The van der Waals surface area contributed by atoms with Crippen LogP contribution in [0.1, 0.15) is 32.7 Å². The molecule has 0 aromatic heterocycles. The van der Waals surface area contributed by atoms with Crippen LogP contribution in [0, 0.1) is 0 Å². The third kappa shape index (κ3) is 5.72. The molecule has 1 heterocycles. The number of halogens is 1. The fraction of sp³-hybridized carbons (Fsp3) is 0.161. The highest BCUT2D eigenvalue weighted by Gasteiger charge is 2.28. The lowest BCUT2D eigenvalue weighted by Gasteiger charge is -2.24. The number of benzene rings is 4. The summed E-state index contributed by atoms with van der Waals surface area (Å²) in [5.41, 5.74) is 3.84. The van der Waals surface area contributed by atoms with Gasteiger partial charge < -0.3 is 15.1 Å². The highest BCUT2D eigenvalue weighted by Crippen LogP contribution is 2.42. The van der Waals surface area contributed by atoms with Gasteiger partial charge in [-0.25, -0.2) is 0 Å². The average Bonchev–Trinajstić information content (AvgIpc) is 3.06. The molecule has 0 atom stereocenters. The van der Waals surface area contributed by atoms with E-state index >= 15 is 0 Å². The van der Waals surface area contributed by atoms with Crippen molar-refractivity contribution in [3.63, 3.8) is 0 Å². The van der Waals surface area contributed by atoms with E-state index in [-0.39, 0.29) is 11.8 Å². The molecule has 1 aliphatic heterocycles. The fourth-order valence-electron chi connectivity index (χ4n) is 4.45. The highest BCUT2D eigenvalue weighted by atomic mass is 35.5. The Kier molecular flexibility index (Phi) is 8.01. The molecule has 1 aliphatic rings. The molecule has 1 N–H and O–H groups in total. The second-order valence-corrected chi connectivity index (χ2v) is 10.6. The van der Waals surface area contributed by atoms with Crippen LogP contribution in [0.4, 0.5) is 11.4 Å². The molecule has 0 spiro atoms. The molecule has 0 saturated heterocycles. The zero-order chi connectivity index (χ0) is 26.5. The first-order chi connectivity index (χ1) is 18.5. The molecular formula is C31H28ClN3O2S. The molecule has 0 aliphatic carbocycles. The Morgan fingerprint density at radius 1 is 0.921 bits per heavy atom. The number of carbonyl (C=O) groups excluding carboxylic acids is 2. The van der Waals surface area contributed by atoms with Gasteiger partial charge in [-0.15, -0.1) is 0 Å². The van der Waals surface area contributed by atoms with Crippen molar-refractivity contribution in [3.05, 3.63) is 119 Å². The summed E-state index contributed by atoms with van der Waals surface area (Å²) in [4.78, 5) is 32.5. The van der Waals surface area contributed by atoms with Crippen molar-refractivity contribution in [2.45, 2.75) is 22.8 Å². The number of para-hydroxylation sites is 1. The Morgan fingerprint density at radius 2 is 1.66 bits per heavy atom. The van der Waals surface area contributed by atoms with Crippen molar-refractivity contribution in [2.75, 3.05) is 29.9 Å². The van der Waals surface area contributed by atoms with E-state index in [1.165, 1.54) is 11.8 Å². The summed E-state index contributed by atoms with van der Waals surface area (Å²) in [6.45, 7) is 1.68. The molecule has 4 aromatic rings. The summed E-state index contributed by atoms with van der Waals surface area (Å²) >= 11 is 8.00. The summed E-state index contributed by atoms with van der Waals surface area (Å²) in [6, 6.07) is 30.8. The summed E-state index contributed by atoms with van der Waals surface area (Å²) in [6.07, 6.45) is 0.810. The van der Waals surface area contributed by atoms with E-state index in [9.17, 15) is 9.59 Å². The number of nitrogens with one attached hydrogen (secondary N) is 1. The lowest BCUT2D eigenvalue weighted by molar-refractivity contribution is 0.0949. The lowest BCUT2D eigenvalue weighted by atomic mass is 10.1. The van der Waals surface area contributed by atoms with Crippen molar-refractivity contribution in [1.29, 1.82) is 0 Å². The standard InChI is InChI=1S/C31H28ClN3O2S/c1-34(24-11-3-2-4-12-24)19-9-18-33-30(36)22-16-17-29-27(20-22)35(21-23-10-5-7-14-26(23)32)31(37)25-13-6-8-15-28(25)38-29/h2-8,10-17,20H,9,18-19,21H2,1H3,(H,33,36). The van der Waals surface area contributed by atoms with Gasteiger partial charge in [-0.1, -0.05) is 71.9 Å². The molecule has 0 bridgehead atoms. The smallest absolute Gasteiger partial charge is 0.259 e. The van der Waals surface area contributed by atoms with Gasteiger partial charge in [0, 0.05) is 46.2 Å². The van der Waals surface area contributed by atoms with E-state index in [1.54, 1.807) is 4.90 Å².